The molecule has 0 saturated heterocycles. The van der Waals surface area contributed by atoms with E-state index in [0.717, 1.165) is 16.8 Å². The lowest BCUT2D eigenvalue weighted by atomic mass is 10.2. The molecule has 0 heterocycles. The van der Waals surface area contributed by atoms with Crippen LogP contribution in [-0.2, 0) is 4.79 Å². The Kier molecular flexibility index (Phi) is 2.60. The molecule has 1 N–H and O–H groups in total. The largest absolute Gasteiger partial charge is 0.326 e. The number of fused-ring (bicyclic) bond motifs is 1. The predicted octanol–water partition coefficient (Wildman–Crippen LogP) is 3.40. The van der Waals surface area contributed by atoms with Gasteiger partial charge in [-0.25, -0.2) is 0 Å². The SMILES string of the molecule is CC(=O)Nc1cc(Cl)c2cccccc1-2. The quantitative estimate of drug-likeness (QED) is 0.783. The summed E-state index contributed by atoms with van der Waals surface area (Å²) >= 11 is 6.07. The number of anilines is 1. The molecular weight excluding hydrogens is 210 g/mol. The first-order chi connectivity index (χ1) is 7.18. The fourth-order valence-corrected chi connectivity index (χ4v) is 1.84. The molecule has 0 unspecified atom stereocenters. The zero-order valence-electron chi connectivity index (χ0n) is 8.25. The Morgan fingerprint density at radius 1 is 1.20 bits per heavy atom. The zero-order chi connectivity index (χ0) is 10.8. The minimum atomic E-state index is -0.0925. The number of hydrogen-bond acceptors (Lipinski definition) is 1. The van der Waals surface area contributed by atoms with E-state index in [9.17, 15) is 4.79 Å². The Hall–Kier alpha value is -1.54. The van der Waals surface area contributed by atoms with Crippen LogP contribution in [0.25, 0.3) is 11.1 Å². The van der Waals surface area contributed by atoms with Gasteiger partial charge in [0.15, 0.2) is 0 Å². The number of amides is 1. The second kappa shape index (κ2) is 3.91. The molecule has 0 atom stereocenters. The van der Waals surface area contributed by atoms with E-state index < -0.39 is 0 Å². The lowest BCUT2D eigenvalue weighted by molar-refractivity contribution is -0.114. The minimum absolute atomic E-state index is 0.0925. The fourth-order valence-electron chi connectivity index (χ4n) is 1.57. The Labute approximate surface area is 93.2 Å². The van der Waals surface area contributed by atoms with Crippen molar-refractivity contribution in [1.82, 2.24) is 0 Å². The van der Waals surface area contributed by atoms with Gasteiger partial charge in [0, 0.05) is 18.1 Å². The molecule has 15 heavy (non-hydrogen) atoms. The summed E-state index contributed by atoms with van der Waals surface area (Å²) in [7, 11) is 0. The van der Waals surface area contributed by atoms with Crippen molar-refractivity contribution in [3.05, 3.63) is 41.4 Å². The number of halogens is 1. The summed E-state index contributed by atoms with van der Waals surface area (Å²) in [5.41, 5.74) is 2.67. The summed E-state index contributed by atoms with van der Waals surface area (Å²) in [6.07, 6.45) is 0. The first kappa shape index (κ1) is 9.99. The standard InChI is InChI=1S/C12H10ClNO/c1-8(15)14-12-7-11(13)9-5-3-2-4-6-10(9)12/h2-7H,1H3,(H,14,15). The highest BCUT2D eigenvalue weighted by Crippen LogP contribution is 2.38. The normalized spacial score (nSPS) is 10.3. The number of hydrogen-bond donors (Lipinski definition) is 1. The van der Waals surface area contributed by atoms with Crippen molar-refractivity contribution >= 4 is 23.2 Å². The van der Waals surface area contributed by atoms with Crippen LogP contribution >= 0.6 is 11.6 Å². The van der Waals surface area contributed by atoms with Gasteiger partial charge in [-0.3, -0.25) is 4.79 Å². The van der Waals surface area contributed by atoms with Crippen molar-refractivity contribution in [2.45, 2.75) is 6.92 Å². The molecule has 0 saturated carbocycles. The van der Waals surface area contributed by atoms with Gasteiger partial charge in [0.1, 0.15) is 0 Å². The Morgan fingerprint density at radius 2 is 1.87 bits per heavy atom. The molecule has 76 valence electrons. The van der Waals surface area contributed by atoms with Gasteiger partial charge >= 0.3 is 0 Å². The summed E-state index contributed by atoms with van der Waals surface area (Å²) < 4.78 is 0. The molecular formula is C12H10ClNO. The Balaban J connectivity index is 2.56. The molecule has 2 aliphatic rings. The van der Waals surface area contributed by atoms with Gasteiger partial charge < -0.3 is 5.32 Å². The first-order valence-corrected chi connectivity index (χ1v) is 5.01. The highest BCUT2D eigenvalue weighted by Gasteiger charge is 2.13. The lowest BCUT2D eigenvalue weighted by Gasteiger charge is -2.00. The molecule has 2 nitrogen and oxygen atoms in total. The van der Waals surface area contributed by atoms with E-state index in [4.69, 9.17) is 11.6 Å². The van der Waals surface area contributed by atoms with E-state index in [1.807, 2.05) is 30.3 Å². The second-order valence-electron chi connectivity index (χ2n) is 3.33. The molecule has 0 radical (unpaired) electrons. The first-order valence-electron chi connectivity index (χ1n) is 4.63. The number of rotatable bonds is 1. The average molecular weight is 220 g/mol. The van der Waals surface area contributed by atoms with Crippen LogP contribution in [0.2, 0.25) is 5.02 Å². The van der Waals surface area contributed by atoms with E-state index in [1.54, 1.807) is 6.07 Å². The topological polar surface area (TPSA) is 29.1 Å². The number of nitrogens with one attached hydrogen (secondary N) is 1. The van der Waals surface area contributed by atoms with Gasteiger partial charge in [0.05, 0.1) is 10.7 Å². The third-order valence-corrected chi connectivity index (χ3v) is 2.48. The summed E-state index contributed by atoms with van der Waals surface area (Å²) in [6.45, 7) is 1.48. The maximum absolute atomic E-state index is 11.0. The van der Waals surface area contributed by atoms with E-state index >= 15 is 0 Å². The molecule has 2 aliphatic carbocycles. The highest BCUT2D eigenvalue weighted by atomic mass is 35.5. The van der Waals surface area contributed by atoms with Crippen LogP contribution in [0.3, 0.4) is 0 Å². The lowest BCUT2D eigenvalue weighted by Crippen LogP contribution is -2.05. The van der Waals surface area contributed by atoms with E-state index in [2.05, 4.69) is 5.32 Å². The fraction of sp³-hybridized carbons (Fsp3) is 0.0833. The van der Waals surface area contributed by atoms with Crippen molar-refractivity contribution in [3.63, 3.8) is 0 Å². The van der Waals surface area contributed by atoms with Crippen molar-refractivity contribution in [2.75, 3.05) is 5.32 Å². The summed E-state index contributed by atoms with van der Waals surface area (Å²) in [5.74, 6) is -0.0925. The zero-order valence-corrected chi connectivity index (χ0v) is 9.01. The molecule has 0 bridgehead atoms. The summed E-state index contributed by atoms with van der Waals surface area (Å²) in [6, 6.07) is 11.4. The Morgan fingerprint density at radius 3 is 2.53 bits per heavy atom. The maximum atomic E-state index is 11.0. The van der Waals surface area contributed by atoms with Crippen LogP contribution in [0, 0.1) is 0 Å². The van der Waals surface area contributed by atoms with Gasteiger partial charge in [0.25, 0.3) is 0 Å². The third kappa shape index (κ3) is 1.95. The van der Waals surface area contributed by atoms with E-state index in [1.165, 1.54) is 6.92 Å². The van der Waals surface area contributed by atoms with Crippen molar-refractivity contribution in [1.29, 1.82) is 0 Å². The number of carbonyl (C=O) groups is 1. The summed E-state index contributed by atoms with van der Waals surface area (Å²) in [5, 5.41) is 3.42. The highest BCUT2D eigenvalue weighted by molar-refractivity contribution is 6.34. The number of carbonyl (C=O) groups excluding carboxylic acids is 1. The van der Waals surface area contributed by atoms with Crippen LogP contribution in [0.1, 0.15) is 6.92 Å². The molecule has 0 aromatic carbocycles. The molecule has 0 aromatic rings. The van der Waals surface area contributed by atoms with Gasteiger partial charge in [-0.1, -0.05) is 41.9 Å². The van der Waals surface area contributed by atoms with Crippen molar-refractivity contribution in [2.24, 2.45) is 0 Å². The molecule has 0 spiro atoms. The molecule has 0 aliphatic heterocycles. The van der Waals surface area contributed by atoms with Gasteiger partial charge in [-0.05, 0) is 6.07 Å². The molecule has 1 amide bonds. The van der Waals surface area contributed by atoms with E-state index in [-0.39, 0.29) is 5.91 Å². The van der Waals surface area contributed by atoms with Crippen molar-refractivity contribution < 1.29 is 4.79 Å². The van der Waals surface area contributed by atoms with Crippen LogP contribution in [0.5, 0.6) is 0 Å². The third-order valence-electron chi connectivity index (χ3n) is 2.17. The monoisotopic (exact) mass is 219 g/mol. The molecule has 2 rings (SSSR count). The van der Waals surface area contributed by atoms with Crippen LogP contribution in [-0.4, -0.2) is 5.91 Å². The van der Waals surface area contributed by atoms with Crippen molar-refractivity contribution in [3.8, 4) is 11.1 Å². The van der Waals surface area contributed by atoms with Gasteiger partial charge in [-0.15, -0.1) is 0 Å². The average Bonchev–Trinajstić information content (AvgIpc) is 2.40. The van der Waals surface area contributed by atoms with Gasteiger partial charge in [-0.2, -0.15) is 0 Å². The molecule has 3 heteroatoms. The van der Waals surface area contributed by atoms with Crippen LogP contribution < -0.4 is 5.32 Å². The van der Waals surface area contributed by atoms with Crippen LogP contribution in [0.15, 0.2) is 36.4 Å². The maximum Gasteiger partial charge on any atom is 0.221 e. The van der Waals surface area contributed by atoms with Crippen LogP contribution in [0.4, 0.5) is 5.69 Å². The molecule has 0 aromatic heterocycles. The molecule has 0 fully saturated rings. The second-order valence-corrected chi connectivity index (χ2v) is 3.73. The van der Waals surface area contributed by atoms with E-state index in [0.29, 0.717) is 5.02 Å². The summed E-state index contributed by atoms with van der Waals surface area (Å²) in [4.78, 5) is 11.0. The predicted molar refractivity (Wildman–Crippen MR) is 62.4 cm³/mol. The Bertz CT molecular complexity index is 481. The van der Waals surface area contributed by atoms with Gasteiger partial charge in [0.2, 0.25) is 5.91 Å². The smallest absolute Gasteiger partial charge is 0.221 e. The minimum Gasteiger partial charge on any atom is -0.326 e.